The highest BCUT2D eigenvalue weighted by molar-refractivity contribution is 5.76. The average molecular weight is 263 g/mol. The predicted octanol–water partition coefficient (Wildman–Crippen LogP) is 1.56. The number of nitrogens with two attached hydrogens (primary N) is 1. The Bertz CT molecular complexity index is 354. The van der Waals surface area contributed by atoms with Crippen LogP contribution in [0.4, 0.5) is 4.79 Å². The number of hydrogen-bond acceptors (Lipinski definition) is 2. The maximum absolute atomic E-state index is 12.3. The summed E-state index contributed by atoms with van der Waals surface area (Å²) < 4.78 is 0. The normalized spacial score (nSPS) is 44.3. The zero-order chi connectivity index (χ0) is 13.0. The number of nitrogens with one attached hydrogen (secondary N) is 1. The van der Waals surface area contributed by atoms with E-state index in [0.29, 0.717) is 12.5 Å². The fourth-order valence-corrected chi connectivity index (χ4v) is 5.45. The molecule has 0 radical (unpaired) electrons. The summed E-state index contributed by atoms with van der Waals surface area (Å²) in [7, 11) is 0. The molecule has 3 N–H and O–H groups in total. The first-order valence-corrected chi connectivity index (χ1v) is 7.93. The lowest BCUT2D eigenvalue weighted by molar-refractivity contribution is -0.0180. The van der Waals surface area contributed by atoms with Crippen LogP contribution in [0.5, 0.6) is 0 Å². The molecule has 5 rings (SSSR count). The van der Waals surface area contributed by atoms with Crippen LogP contribution < -0.4 is 11.1 Å². The van der Waals surface area contributed by atoms with E-state index in [0.717, 1.165) is 30.8 Å². The van der Waals surface area contributed by atoms with Crippen molar-refractivity contribution < 1.29 is 4.79 Å². The van der Waals surface area contributed by atoms with E-state index >= 15 is 0 Å². The van der Waals surface area contributed by atoms with Crippen LogP contribution in [-0.4, -0.2) is 36.1 Å². The Morgan fingerprint density at radius 3 is 2.11 bits per heavy atom. The minimum Gasteiger partial charge on any atom is -0.333 e. The van der Waals surface area contributed by atoms with E-state index in [2.05, 4.69) is 5.32 Å². The number of likely N-dealkylation sites (tertiary alicyclic amines) is 1. The third-order valence-corrected chi connectivity index (χ3v) is 5.99. The molecule has 4 nitrogen and oxygen atoms in total. The Balaban J connectivity index is 1.41. The van der Waals surface area contributed by atoms with Gasteiger partial charge >= 0.3 is 6.03 Å². The molecule has 19 heavy (non-hydrogen) atoms. The molecule has 0 aromatic rings. The molecule has 0 atom stereocenters. The first kappa shape index (κ1) is 12.0. The minimum absolute atomic E-state index is 0.152. The zero-order valence-electron chi connectivity index (χ0n) is 11.6. The molecule has 5 aliphatic rings. The summed E-state index contributed by atoms with van der Waals surface area (Å²) in [5, 5.41) is 3.42. The molecular weight excluding hydrogens is 238 g/mol. The molecule has 0 unspecified atom stereocenters. The van der Waals surface area contributed by atoms with E-state index < -0.39 is 0 Å². The Morgan fingerprint density at radius 2 is 1.63 bits per heavy atom. The van der Waals surface area contributed by atoms with Gasteiger partial charge in [-0.2, -0.15) is 0 Å². The highest BCUT2D eigenvalue weighted by Gasteiger charge is 2.52. The quantitative estimate of drug-likeness (QED) is 0.794. The van der Waals surface area contributed by atoms with E-state index in [1.807, 2.05) is 4.90 Å². The van der Waals surface area contributed by atoms with Crippen molar-refractivity contribution in [2.24, 2.45) is 29.4 Å². The molecule has 0 aromatic heterocycles. The Morgan fingerprint density at radius 1 is 1.11 bits per heavy atom. The predicted molar refractivity (Wildman–Crippen MR) is 73.6 cm³/mol. The van der Waals surface area contributed by atoms with Crippen LogP contribution in [0.1, 0.15) is 38.5 Å². The monoisotopic (exact) mass is 263 g/mol. The van der Waals surface area contributed by atoms with Crippen molar-refractivity contribution >= 4 is 6.03 Å². The number of carbonyl (C=O) groups is 1. The van der Waals surface area contributed by atoms with Crippen LogP contribution in [-0.2, 0) is 0 Å². The molecule has 1 heterocycles. The molecule has 4 bridgehead atoms. The van der Waals surface area contributed by atoms with Gasteiger partial charge in [0.25, 0.3) is 0 Å². The number of nitrogens with zero attached hydrogens (tertiary/aromatic N) is 1. The number of amides is 2. The highest BCUT2D eigenvalue weighted by atomic mass is 16.2. The number of urea groups is 1. The molecule has 0 spiro atoms. The van der Waals surface area contributed by atoms with E-state index in [9.17, 15) is 4.79 Å². The summed E-state index contributed by atoms with van der Waals surface area (Å²) >= 11 is 0. The van der Waals surface area contributed by atoms with Crippen LogP contribution >= 0.6 is 0 Å². The van der Waals surface area contributed by atoms with E-state index in [1.165, 1.54) is 38.5 Å². The largest absolute Gasteiger partial charge is 0.333 e. The topological polar surface area (TPSA) is 58.4 Å². The second kappa shape index (κ2) is 4.11. The lowest BCUT2D eigenvalue weighted by Gasteiger charge is -2.57. The van der Waals surface area contributed by atoms with Gasteiger partial charge in [-0.05, 0) is 62.8 Å². The van der Waals surface area contributed by atoms with E-state index in [1.54, 1.807) is 0 Å². The summed E-state index contributed by atoms with van der Waals surface area (Å²) in [6, 6.07) is 0.173. The van der Waals surface area contributed by atoms with Gasteiger partial charge in [-0.25, -0.2) is 4.79 Å². The van der Waals surface area contributed by atoms with Crippen molar-refractivity contribution in [2.45, 2.75) is 44.1 Å². The van der Waals surface area contributed by atoms with Gasteiger partial charge in [0, 0.05) is 24.5 Å². The Kier molecular flexibility index (Phi) is 2.60. The first-order valence-electron chi connectivity index (χ1n) is 7.93. The molecule has 4 aliphatic carbocycles. The number of hydrogen-bond donors (Lipinski definition) is 2. The van der Waals surface area contributed by atoms with Gasteiger partial charge < -0.3 is 16.0 Å². The highest BCUT2D eigenvalue weighted by Crippen LogP contribution is 2.55. The van der Waals surface area contributed by atoms with E-state index in [-0.39, 0.29) is 11.6 Å². The lowest BCUT2D eigenvalue weighted by atomic mass is 9.53. The van der Waals surface area contributed by atoms with Crippen molar-refractivity contribution in [2.75, 3.05) is 19.6 Å². The van der Waals surface area contributed by atoms with Crippen molar-refractivity contribution in [3.05, 3.63) is 0 Å². The zero-order valence-corrected chi connectivity index (χ0v) is 11.6. The minimum atomic E-state index is 0.152. The Hall–Kier alpha value is -0.770. The number of rotatable bonds is 2. The Labute approximate surface area is 115 Å². The number of carbonyl (C=O) groups excluding carboxylic acids is 1. The maximum atomic E-state index is 12.3. The van der Waals surface area contributed by atoms with Gasteiger partial charge in [0.05, 0.1) is 0 Å². The second-order valence-corrected chi connectivity index (χ2v) is 7.63. The second-order valence-electron chi connectivity index (χ2n) is 7.63. The smallest absolute Gasteiger partial charge is 0.317 e. The first-order chi connectivity index (χ1) is 9.16. The van der Waals surface area contributed by atoms with Gasteiger partial charge in [0.1, 0.15) is 0 Å². The van der Waals surface area contributed by atoms with Gasteiger partial charge in [0.2, 0.25) is 0 Å². The fourth-order valence-electron chi connectivity index (χ4n) is 5.45. The summed E-state index contributed by atoms with van der Waals surface area (Å²) in [5.41, 5.74) is 5.78. The fraction of sp³-hybridized carbons (Fsp3) is 0.933. The van der Waals surface area contributed by atoms with Crippen LogP contribution in [0.3, 0.4) is 0 Å². The molecule has 5 fully saturated rings. The van der Waals surface area contributed by atoms with Gasteiger partial charge in [-0.1, -0.05) is 0 Å². The standard InChI is InChI=1S/C15H25N3O/c16-7-13-8-18(9-13)14(19)17-15-4-10-1-11(5-15)3-12(2-10)6-15/h10-13H,1-9,16H2,(H,17,19). The van der Waals surface area contributed by atoms with Crippen LogP contribution in [0.15, 0.2) is 0 Å². The molecular formula is C15H25N3O. The van der Waals surface area contributed by atoms with Crippen molar-refractivity contribution in [1.82, 2.24) is 10.2 Å². The summed E-state index contributed by atoms with van der Waals surface area (Å²) in [6.45, 7) is 2.42. The molecule has 0 aromatic carbocycles. The van der Waals surface area contributed by atoms with Crippen LogP contribution in [0.2, 0.25) is 0 Å². The molecule has 1 aliphatic heterocycles. The van der Waals surface area contributed by atoms with Crippen molar-refractivity contribution in [1.29, 1.82) is 0 Å². The van der Waals surface area contributed by atoms with Gasteiger partial charge in [0.15, 0.2) is 0 Å². The third-order valence-electron chi connectivity index (χ3n) is 5.99. The van der Waals surface area contributed by atoms with Gasteiger partial charge in [-0.15, -0.1) is 0 Å². The van der Waals surface area contributed by atoms with Gasteiger partial charge in [-0.3, -0.25) is 0 Å². The molecule has 1 saturated heterocycles. The van der Waals surface area contributed by atoms with Crippen molar-refractivity contribution in [3.8, 4) is 0 Å². The molecule has 4 heteroatoms. The SMILES string of the molecule is NCC1CN(C(=O)NC23CC4CC(CC(C4)C2)C3)C1. The van der Waals surface area contributed by atoms with Crippen molar-refractivity contribution in [3.63, 3.8) is 0 Å². The summed E-state index contributed by atoms with van der Waals surface area (Å²) in [6.07, 6.45) is 7.98. The molecule has 4 saturated carbocycles. The van der Waals surface area contributed by atoms with Crippen LogP contribution in [0.25, 0.3) is 0 Å². The summed E-state index contributed by atoms with van der Waals surface area (Å²) in [5.74, 6) is 3.20. The lowest BCUT2D eigenvalue weighted by Crippen LogP contribution is -2.64. The third kappa shape index (κ3) is 1.95. The molecule has 106 valence electrons. The summed E-state index contributed by atoms with van der Waals surface area (Å²) in [4.78, 5) is 14.3. The maximum Gasteiger partial charge on any atom is 0.317 e. The van der Waals surface area contributed by atoms with Crippen LogP contribution in [0, 0.1) is 23.7 Å². The average Bonchev–Trinajstić information content (AvgIpc) is 2.24. The molecule has 2 amide bonds. The van der Waals surface area contributed by atoms with E-state index in [4.69, 9.17) is 5.73 Å².